The maximum Gasteiger partial charge on any atom is 0.254 e. The highest BCUT2D eigenvalue weighted by atomic mass is 35.5. The molecule has 1 aliphatic heterocycles. The summed E-state index contributed by atoms with van der Waals surface area (Å²) in [6.07, 6.45) is 3.69. The number of carbonyl (C=O) groups is 1. The van der Waals surface area contributed by atoms with E-state index in [4.69, 9.17) is 11.6 Å². The molecule has 1 amide bonds. The van der Waals surface area contributed by atoms with Crippen molar-refractivity contribution >= 4 is 29.8 Å². The van der Waals surface area contributed by atoms with Crippen molar-refractivity contribution in [3.8, 4) is 0 Å². The van der Waals surface area contributed by atoms with Gasteiger partial charge in [-0.05, 0) is 29.7 Å². The molecule has 0 bridgehead atoms. The number of nitrogens with zero attached hydrogens (tertiary/aromatic N) is 3. The third-order valence-corrected chi connectivity index (χ3v) is 5.20. The summed E-state index contributed by atoms with van der Waals surface area (Å²) < 4.78 is 0. The molecule has 29 heavy (non-hydrogen) atoms. The SMILES string of the molecule is CC(C=NNC(=O)CN1CCN(Cc2ccccc2Cl)CC1)=Cc1ccccc1. The molecule has 0 spiro atoms. The van der Waals surface area contributed by atoms with Crippen LogP contribution in [0.4, 0.5) is 0 Å². The third kappa shape index (κ3) is 7.13. The van der Waals surface area contributed by atoms with E-state index < -0.39 is 0 Å². The number of amides is 1. The minimum Gasteiger partial charge on any atom is -0.296 e. The third-order valence-electron chi connectivity index (χ3n) is 4.84. The van der Waals surface area contributed by atoms with Crippen molar-refractivity contribution in [1.29, 1.82) is 0 Å². The lowest BCUT2D eigenvalue weighted by Crippen LogP contribution is -2.48. The molecule has 0 aromatic heterocycles. The van der Waals surface area contributed by atoms with Gasteiger partial charge in [-0.15, -0.1) is 0 Å². The Hall–Kier alpha value is -2.47. The van der Waals surface area contributed by atoms with Crippen molar-refractivity contribution in [2.45, 2.75) is 13.5 Å². The Labute approximate surface area is 177 Å². The van der Waals surface area contributed by atoms with Crippen molar-refractivity contribution < 1.29 is 4.79 Å². The van der Waals surface area contributed by atoms with E-state index in [1.807, 2.05) is 61.5 Å². The highest BCUT2D eigenvalue weighted by Crippen LogP contribution is 2.17. The van der Waals surface area contributed by atoms with Gasteiger partial charge >= 0.3 is 0 Å². The van der Waals surface area contributed by atoms with Crippen molar-refractivity contribution in [3.05, 3.63) is 76.3 Å². The molecule has 1 heterocycles. The van der Waals surface area contributed by atoms with Crippen LogP contribution >= 0.6 is 11.6 Å². The lowest BCUT2D eigenvalue weighted by atomic mass is 10.1. The van der Waals surface area contributed by atoms with Crippen LogP contribution in [0.25, 0.3) is 6.08 Å². The van der Waals surface area contributed by atoms with Crippen molar-refractivity contribution in [2.75, 3.05) is 32.7 Å². The Kier molecular flexibility index (Phi) is 7.99. The summed E-state index contributed by atoms with van der Waals surface area (Å²) in [4.78, 5) is 16.7. The van der Waals surface area contributed by atoms with Crippen LogP contribution in [0.3, 0.4) is 0 Å². The molecule has 2 aromatic rings. The van der Waals surface area contributed by atoms with E-state index in [-0.39, 0.29) is 5.91 Å². The average molecular weight is 411 g/mol. The maximum atomic E-state index is 12.2. The van der Waals surface area contributed by atoms with Gasteiger partial charge in [0.2, 0.25) is 0 Å². The molecular formula is C23H27ClN4O. The molecule has 3 rings (SSSR count). The predicted molar refractivity (Wildman–Crippen MR) is 120 cm³/mol. The maximum absolute atomic E-state index is 12.2. The van der Waals surface area contributed by atoms with E-state index in [0.29, 0.717) is 6.54 Å². The summed E-state index contributed by atoms with van der Waals surface area (Å²) in [7, 11) is 0. The summed E-state index contributed by atoms with van der Waals surface area (Å²) in [6.45, 7) is 6.71. The minimum absolute atomic E-state index is 0.0895. The molecule has 1 aliphatic rings. The fourth-order valence-electron chi connectivity index (χ4n) is 3.27. The first-order chi connectivity index (χ1) is 14.1. The number of hydrazone groups is 1. The first-order valence-electron chi connectivity index (χ1n) is 9.83. The number of benzene rings is 2. The number of hydrogen-bond donors (Lipinski definition) is 1. The number of halogens is 1. The van der Waals surface area contributed by atoms with Gasteiger partial charge in [-0.1, -0.05) is 66.2 Å². The van der Waals surface area contributed by atoms with Crippen LogP contribution in [-0.4, -0.2) is 54.6 Å². The molecule has 2 aromatic carbocycles. The van der Waals surface area contributed by atoms with Gasteiger partial charge in [0.15, 0.2) is 0 Å². The van der Waals surface area contributed by atoms with Crippen LogP contribution in [0, 0.1) is 0 Å². The molecule has 1 saturated heterocycles. The Morgan fingerprint density at radius 1 is 1.03 bits per heavy atom. The number of carbonyl (C=O) groups excluding carboxylic acids is 1. The van der Waals surface area contributed by atoms with Gasteiger partial charge in [-0.25, -0.2) is 5.43 Å². The number of hydrogen-bond acceptors (Lipinski definition) is 4. The highest BCUT2D eigenvalue weighted by molar-refractivity contribution is 6.31. The molecule has 1 fully saturated rings. The highest BCUT2D eigenvalue weighted by Gasteiger charge is 2.19. The van der Waals surface area contributed by atoms with Gasteiger partial charge in [-0.2, -0.15) is 5.10 Å². The van der Waals surface area contributed by atoms with Crippen LogP contribution < -0.4 is 5.43 Å². The first kappa shape index (κ1) is 21.2. The predicted octanol–water partition coefficient (Wildman–Crippen LogP) is 3.66. The molecular weight excluding hydrogens is 384 g/mol. The van der Waals surface area contributed by atoms with E-state index >= 15 is 0 Å². The van der Waals surface area contributed by atoms with Crippen molar-refractivity contribution in [1.82, 2.24) is 15.2 Å². The smallest absolute Gasteiger partial charge is 0.254 e. The Bertz CT molecular complexity index is 858. The Morgan fingerprint density at radius 2 is 1.69 bits per heavy atom. The molecule has 5 nitrogen and oxygen atoms in total. The molecule has 6 heteroatoms. The molecule has 1 N–H and O–H groups in total. The molecule has 0 saturated carbocycles. The lowest BCUT2D eigenvalue weighted by molar-refractivity contribution is -0.122. The van der Waals surface area contributed by atoms with Crippen LogP contribution in [0.1, 0.15) is 18.1 Å². The standard InChI is InChI=1S/C23H27ClN4O/c1-19(15-20-7-3-2-4-8-20)16-25-26-23(29)18-28-13-11-27(12-14-28)17-21-9-5-6-10-22(21)24/h2-10,15-16H,11-14,17-18H2,1H3,(H,26,29). The van der Waals surface area contributed by atoms with Gasteiger partial charge in [0.05, 0.1) is 12.8 Å². The summed E-state index contributed by atoms with van der Waals surface area (Å²) in [5, 5.41) is 4.88. The minimum atomic E-state index is -0.0895. The van der Waals surface area contributed by atoms with Gasteiger partial charge in [0.25, 0.3) is 5.91 Å². The Morgan fingerprint density at radius 3 is 2.41 bits per heavy atom. The lowest BCUT2D eigenvalue weighted by Gasteiger charge is -2.34. The molecule has 0 unspecified atom stereocenters. The van der Waals surface area contributed by atoms with Crippen molar-refractivity contribution in [2.24, 2.45) is 5.10 Å². The molecule has 152 valence electrons. The normalized spacial score (nSPS) is 16.3. The fraction of sp³-hybridized carbons (Fsp3) is 0.304. The Balaban J connectivity index is 1.38. The summed E-state index contributed by atoms with van der Waals surface area (Å²) in [6, 6.07) is 18.0. The van der Waals surface area contributed by atoms with Gasteiger partial charge in [0.1, 0.15) is 0 Å². The number of nitrogens with one attached hydrogen (secondary N) is 1. The molecule has 0 radical (unpaired) electrons. The quantitative estimate of drug-likeness (QED) is 0.559. The average Bonchev–Trinajstić information content (AvgIpc) is 2.72. The second-order valence-corrected chi connectivity index (χ2v) is 7.64. The van der Waals surface area contributed by atoms with Crippen molar-refractivity contribution in [3.63, 3.8) is 0 Å². The zero-order valence-electron chi connectivity index (χ0n) is 16.7. The van der Waals surface area contributed by atoms with Crippen LogP contribution in [-0.2, 0) is 11.3 Å². The van der Waals surface area contributed by atoms with Crippen LogP contribution in [0.2, 0.25) is 5.02 Å². The number of allylic oxidation sites excluding steroid dienone is 1. The molecule has 0 atom stereocenters. The second kappa shape index (κ2) is 10.9. The van der Waals surface area contributed by atoms with Gasteiger partial charge in [-0.3, -0.25) is 14.6 Å². The monoisotopic (exact) mass is 410 g/mol. The number of piperazine rings is 1. The summed E-state index contributed by atoms with van der Waals surface area (Å²) in [5.41, 5.74) is 5.85. The largest absolute Gasteiger partial charge is 0.296 e. The zero-order chi connectivity index (χ0) is 20.5. The first-order valence-corrected chi connectivity index (χ1v) is 10.2. The zero-order valence-corrected chi connectivity index (χ0v) is 17.5. The number of rotatable bonds is 7. The second-order valence-electron chi connectivity index (χ2n) is 7.24. The van der Waals surface area contributed by atoms with E-state index in [0.717, 1.165) is 54.4 Å². The summed E-state index contributed by atoms with van der Waals surface area (Å²) >= 11 is 6.25. The van der Waals surface area contributed by atoms with Crippen LogP contribution in [0.15, 0.2) is 65.3 Å². The summed E-state index contributed by atoms with van der Waals surface area (Å²) in [5.74, 6) is -0.0895. The fourth-order valence-corrected chi connectivity index (χ4v) is 3.46. The van der Waals surface area contributed by atoms with E-state index in [1.165, 1.54) is 0 Å². The molecule has 0 aliphatic carbocycles. The van der Waals surface area contributed by atoms with E-state index in [1.54, 1.807) is 6.21 Å². The topological polar surface area (TPSA) is 47.9 Å². The van der Waals surface area contributed by atoms with Gasteiger partial charge < -0.3 is 0 Å². The van der Waals surface area contributed by atoms with Crippen LogP contribution in [0.5, 0.6) is 0 Å². The van der Waals surface area contributed by atoms with E-state index in [2.05, 4.69) is 26.4 Å². The van der Waals surface area contributed by atoms with E-state index in [9.17, 15) is 4.79 Å². The van der Waals surface area contributed by atoms with Gasteiger partial charge in [0, 0.05) is 37.7 Å².